The van der Waals surface area contributed by atoms with Crippen molar-refractivity contribution in [3.63, 3.8) is 0 Å². The molecule has 0 spiro atoms. The minimum Gasteiger partial charge on any atom is -0.192 e. The van der Waals surface area contributed by atoms with Gasteiger partial charge in [-0.2, -0.15) is 10.5 Å². The number of aryl methyl sites for hydroxylation is 1. The molecule has 0 saturated carbocycles. The van der Waals surface area contributed by atoms with Crippen molar-refractivity contribution < 1.29 is 0 Å². The molecule has 0 aliphatic heterocycles. The first-order valence-electron chi connectivity index (χ1n) is 6.49. The van der Waals surface area contributed by atoms with Crippen LogP contribution >= 0.6 is 0 Å². The topological polar surface area (TPSA) is 47.6 Å². The lowest BCUT2D eigenvalue weighted by Crippen LogP contribution is -1.90. The standard InChI is InChI=1S/C18H14N2/c1-2-14-8-10-16(11-9-14)18(13-20)17(12-19)15-6-4-3-5-7-15/h3-11H,2H2,1H3/b18-17+. The molecule has 2 heteroatoms. The fraction of sp³-hybridized carbons (Fsp3) is 0.111. The van der Waals surface area contributed by atoms with Gasteiger partial charge in [0, 0.05) is 0 Å². The summed E-state index contributed by atoms with van der Waals surface area (Å²) in [4.78, 5) is 0. The lowest BCUT2D eigenvalue weighted by molar-refractivity contribution is 1.14. The van der Waals surface area contributed by atoms with Crippen molar-refractivity contribution in [1.82, 2.24) is 0 Å². The van der Waals surface area contributed by atoms with Crippen LogP contribution < -0.4 is 0 Å². The summed E-state index contributed by atoms with van der Waals surface area (Å²) in [5.74, 6) is 0. The molecule has 2 aromatic carbocycles. The fourth-order valence-electron chi connectivity index (χ4n) is 2.04. The monoisotopic (exact) mass is 258 g/mol. The highest BCUT2D eigenvalue weighted by molar-refractivity contribution is 6.02. The van der Waals surface area contributed by atoms with E-state index in [4.69, 9.17) is 0 Å². The van der Waals surface area contributed by atoms with E-state index in [1.165, 1.54) is 5.56 Å². The maximum atomic E-state index is 9.41. The molecule has 0 aliphatic carbocycles. The van der Waals surface area contributed by atoms with Gasteiger partial charge in [-0.05, 0) is 23.1 Å². The van der Waals surface area contributed by atoms with E-state index in [0.717, 1.165) is 17.5 Å². The van der Waals surface area contributed by atoms with Gasteiger partial charge < -0.3 is 0 Å². The molecule has 0 N–H and O–H groups in total. The molecule has 2 rings (SSSR count). The summed E-state index contributed by atoms with van der Waals surface area (Å²) in [6, 6.07) is 21.4. The first-order chi connectivity index (χ1) is 9.80. The van der Waals surface area contributed by atoms with Gasteiger partial charge in [0.2, 0.25) is 0 Å². The number of hydrogen-bond acceptors (Lipinski definition) is 2. The van der Waals surface area contributed by atoms with E-state index in [2.05, 4.69) is 19.1 Å². The van der Waals surface area contributed by atoms with Crippen LogP contribution in [-0.2, 0) is 6.42 Å². The molecular weight excluding hydrogens is 244 g/mol. The predicted molar refractivity (Wildman–Crippen MR) is 80.3 cm³/mol. The quantitative estimate of drug-likeness (QED) is 0.611. The number of nitrogens with zero attached hydrogens (tertiary/aromatic N) is 2. The normalized spacial score (nSPS) is 11.2. The number of rotatable bonds is 3. The smallest absolute Gasteiger partial charge is 0.101 e. The largest absolute Gasteiger partial charge is 0.192 e. The molecule has 0 aliphatic rings. The highest BCUT2D eigenvalue weighted by atomic mass is 14.3. The SMILES string of the molecule is CCc1ccc(/C(C#N)=C(\C#N)c2ccccc2)cc1. The zero-order valence-corrected chi connectivity index (χ0v) is 11.3. The maximum Gasteiger partial charge on any atom is 0.101 e. The van der Waals surface area contributed by atoms with Crippen LogP contribution in [0.2, 0.25) is 0 Å². The Morgan fingerprint density at radius 1 is 0.800 bits per heavy atom. The van der Waals surface area contributed by atoms with Gasteiger partial charge in [0.1, 0.15) is 12.1 Å². The van der Waals surface area contributed by atoms with Crippen molar-refractivity contribution in [1.29, 1.82) is 10.5 Å². The van der Waals surface area contributed by atoms with Gasteiger partial charge in [0.05, 0.1) is 11.1 Å². The molecule has 20 heavy (non-hydrogen) atoms. The van der Waals surface area contributed by atoms with Crippen LogP contribution in [0.4, 0.5) is 0 Å². The molecular formula is C18H14N2. The Hall–Kier alpha value is -2.84. The van der Waals surface area contributed by atoms with Gasteiger partial charge in [-0.15, -0.1) is 0 Å². The second-order valence-corrected chi connectivity index (χ2v) is 4.39. The molecule has 0 aromatic heterocycles. The number of hydrogen-bond donors (Lipinski definition) is 0. The van der Waals surface area contributed by atoms with Gasteiger partial charge in [-0.1, -0.05) is 61.5 Å². The van der Waals surface area contributed by atoms with Crippen molar-refractivity contribution in [3.8, 4) is 12.1 Å². The van der Waals surface area contributed by atoms with E-state index >= 15 is 0 Å². The fourth-order valence-corrected chi connectivity index (χ4v) is 2.04. The molecule has 0 bridgehead atoms. The Morgan fingerprint density at radius 2 is 1.30 bits per heavy atom. The first-order valence-corrected chi connectivity index (χ1v) is 6.49. The molecule has 96 valence electrons. The van der Waals surface area contributed by atoms with Crippen molar-refractivity contribution in [3.05, 3.63) is 71.3 Å². The molecule has 0 saturated heterocycles. The Labute approximate surface area is 119 Å². The van der Waals surface area contributed by atoms with Crippen molar-refractivity contribution in [2.24, 2.45) is 0 Å². The first kappa shape index (κ1) is 13.6. The van der Waals surface area contributed by atoms with E-state index in [1.807, 2.05) is 54.6 Å². The highest BCUT2D eigenvalue weighted by Crippen LogP contribution is 2.25. The summed E-state index contributed by atoms with van der Waals surface area (Å²) in [5.41, 5.74) is 3.60. The number of allylic oxidation sites excluding steroid dienone is 2. The molecule has 0 radical (unpaired) electrons. The van der Waals surface area contributed by atoms with Gasteiger partial charge in [-0.25, -0.2) is 0 Å². The summed E-state index contributed by atoms with van der Waals surface area (Å²) in [6.45, 7) is 2.08. The van der Waals surface area contributed by atoms with Crippen molar-refractivity contribution >= 4 is 11.1 Å². The third-order valence-electron chi connectivity index (χ3n) is 3.19. The Kier molecular flexibility index (Phi) is 4.32. The summed E-state index contributed by atoms with van der Waals surface area (Å²) >= 11 is 0. The van der Waals surface area contributed by atoms with E-state index < -0.39 is 0 Å². The third kappa shape index (κ3) is 2.76. The molecule has 0 fully saturated rings. The minimum atomic E-state index is 0.414. The molecule has 2 aromatic rings. The van der Waals surface area contributed by atoms with Crippen molar-refractivity contribution in [2.75, 3.05) is 0 Å². The van der Waals surface area contributed by atoms with E-state index in [9.17, 15) is 10.5 Å². The highest BCUT2D eigenvalue weighted by Gasteiger charge is 2.10. The van der Waals surface area contributed by atoms with Crippen LogP contribution in [0.1, 0.15) is 23.6 Å². The average Bonchev–Trinajstić information content (AvgIpc) is 2.53. The summed E-state index contributed by atoms with van der Waals surface area (Å²) in [6.07, 6.45) is 0.954. The lowest BCUT2D eigenvalue weighted by atomic mass is 9.95. The third-order valence-corrected chi connectivity index (χ3v) is 3.19. The van der Waals surface area contributed by atoms with Crippen LogP contribution in [-0.4, -0.2) is 0 Å². The summed E-state index contributed by atoms with van der Waals surface area (Å²) in [7, 11) is 0. The summed E-state index contributed by atoms with van der Waals surface area (Å²) < 4.78 is 0. The van der Waals surface area contributed by atoms with E-state index in [1.54, 1.807) is 0 Å². The zero-order valence-electron chi connectivity index (χ0n) is 11.3. The van der Waals surface area contributed by atoms with Gasteiger partial charge in [0.25, 0.3) is 0 Å². The number of benzene rings is 2. The molecule has 0 amide bonds. The van der Waals surface area contributed by atoms with Crippen LogP contribution in [0.3, 0.4) is 0 Å². The van der Waals surface area contributed by atoms with Crippen molar-refractivity contribution in [2.45, 2.75) is 13.3 Å². The Balaban J connectivity index is 2.56. The van der Waals surface area contributed by atoms with Gasteiger partial charge >= 0.3 is 0 Å². The van der Waals surface area contributed by atoms with Crippen LogP contribution in [0.15, 0.2) is 54.6 Å². The van der Waals surface area contributed by atoms with Crippen LogP contribution in [0.25, 0.3) is 11.1 Å². The summed E-state index contributed by atoms with van der Waals surface area (Å²) in [5, 5.41) is 18.8. The number of nitriles is 2. The molecule has 2 nitrogen and oxygen atoms in total. The Morgan fingerprint density at radius 3 is 1.75 bits per heavy atom. The minimum absolute atomic E-state index is 0.414. The lowest BCUT2D eigenvalue weighted by Gasteiger charge is -2.05. The van der Waals surface area contributed by atoms with E-state index in [0.29, 0.717) is 11.1 Å². The maximum absolute atomic E-state index is 9.41. The zero-order chi connectivity index (χ0) is 14.4. The molecule has 0 heterocycles. The molecule has 0 unspecified atom stereocenters. The molecule has 0 atom stereocenters. The van der Waals surface area contributed by atoms with E-state index in [-0.39, 0.29) is 0 Å². The van der Waals surface area contributed by atoms with Crippen LogP contribution in [0.5, 0.6) is 0 Å². The van der Waals surface area contributed by atoms with Crippen LogP contribution in [0, 0.1) is 22.7 Å². The Bertz CT molecular complexity index is 696. The second-order valence-electron chi connectivity index (χ2n) is 4.39. The second kappa shape index (κ2) is 6.36. The average molecular weight is 258 g/mol. The predicted octanol–water partition coefficient (Wildman–Crippen LogP) is 4.21. The van der Waals surface area contributed by atoms with Gasteiger partial charge in [0.15, 0.2) is 0 Å². The van der Waals surface area contributed by atoms with Gasteiger partial charge in [-0.3, -0.25) is 0 Å².